The molecule has 2 heterocycles. The van der Waals surface area contributed by atoms with Crippen LogP contribution in [0.3, 0.4) is 0 Å². The minimum atomic E-state index is -0.824. The average molecular weight is 501 g/mol. The Morgan fingerprint density at radius 2 is 1.51 bits per heavy atom. The van der Waals surface area contributed by atoms with Gasteiger partial charge in [-0.3, -0.25) is 9.59 Å². The van der Waals surface area contributed by atoms with E-state index in [0.29, 0.717) is 24.2 Å². The monoisotopic (exact) mass is 500 g/mol. The minimum Gasteiger partial charge on any atom is -0.504 e. The molecule has 1 aliphatic heterocycles. The molecule has 37 heavy (non-hydrogen) atoms. The van der Waals surface area contributed by atoms with Crippen LogP contribution in [0.15, 0.2) is 75.9 Å². The molecule has 8 heteroatoms. The number of benzene rings is 3. The van der Waals surface area contributed by atoms with Crippen molar-refractivity contribution in [1.29, 1.82) is 0 Å². The van der Waals surface area contributed by atoms with Crippen molar-refractivity contribution in [2.24, 2.45) is 0 Å². The molecule has 8 nitrogen and oxygen atoms in total. The highest BCUT2D eigenvalue weighted by atomic mass is 16.3. The number of phenols is 3. The van der Waals surface area contributed by atoms with Crippen LogP contribution in [0.4, 0.5) is 0 Å². The molecule has 1 saturated heterocycles. The van der Waals surface area contributed by atoms with Crippen LogP contribution in [0.1, 0.15) is 23.5 Å². The largest absolute Gasteiger partial charge is 0.504 e. The van der Waals surface area contributed by atoms with Gasteiger partial charge < -0.3 is 29.5 Å². The van der Waals surface area contributed by atoms with E-state index in [1.54, 1.807) is 29.2 Å². The Bertz CT molecular complexity index is 1490. The zero-order valence-corrected chi connectivity index (χ0v) is 20.4. The normalized spacial score (nSPS) is 15.1. The first-order valence-electron chi connectivity index (χ1n) is 12.2. The van der Waals surface area contributed by atoms with Gasteiger partial charge in [0, 0.05) is 55.7 Å². The lowest BCUT2D eigenvalue weighted by molar-refractivity contribution is -0.133. The van der Waals surface area contributed by atoms with E-state index in [2.05, 4.69) is 4.90 Å². The van der Waals surface area contributed by atoms with E-state index in [0.717, 1.165) is 13.1 Å². The number of nitrogens with zero attached hydrogens (tertiary/aromatic N) is 2. The van der Waals surface area contributed by atoms with Crippen molar-refractivity contribution in [3.8, 4) is 28.6 Å². The third-order valence-electron chi connectivity index (χ3n) is 6.98. The molecule has 1 fully saturated rings. The molecule has 1 amide bonds. The number of carbonyl (C=O) groups excluding carboxylic acids is 1. The maximum absolute atomic E-state index is 13.4. The minimum absolute atomic E-state index is 0.0279. The summed E-state index contributed by atoms with van der Waals surface area (Å²) in [6, 6.07) is 19.3. The van der Waals surface area contributed by atoms with E-state index in [1.807, 2.05) is 43.4 Å². The molecule has 0 bridgehead atoms. The molecule has 3 N–H and O–H groups in total. The zero-order valence-electron chi connectivity index (χ0n) is 20.4. The fraction of sp³-hybridized carbons (Fsp3) is 0.241. The van der Waals surface area contributed by atoms with Gasteiger partial charge in [-0.05, 0) is 12.6 Å². The summed E-state index contributed by atoms with van der Waals surface area (Å²) < 4.78 is 6.16. The van der Waals surface area contributed by atoms with Crippen LogP contribution in [-0.2, 0) is 4.79 Å². The summed E-state index contributed by atoms with van der Waals surface area (Å²) in [7, 11) is 2.00. The van der Waals surface area contributed by atoms with Crippen molar-refractivity contribution in [3.05, 3.63) is 88.1 Å². The van der Waals surface area contributed by atoms with Crippen LogP contribution in [0.2, 0.25) is 0 Å². The number of hydrogen-bond donors (Lipinski definition) is 3. The molecule has 1 unspecified atom stereocenters. The maximum Gasteiger partial charge on any atom is 0.223 e. The molecule has 0 aliphatic carbocycles. The molecular formula is C29H28N2O6. The van der Waals surface area contributed by atoms with Gasteiger partial charge in [-0.2, -0.15) is 0 Å². The summed E-state index contributed by atoms with van der Waals surface area (Å²) in [6.45, 7) is 2.67. The van der Waals surface area contributed by atoms with E-state index in [4.69, 9.17) is 4.42 Å². The maximum atomic E-state index is 13.4. The van der Waals surface area contributed by atoms with Crippen LogP contribution in [0, 0.1) is 0 Å². The Morgan fingerprint density at radius 3 is 2.16 bits per heavy atom. The smallest absolute Gasteiger partial charge is 0.223 e. The summed E-state index contributed by atoms with van der Waals surface area (Å²) in [6.07, 6.45) is -0.0279. The van der Waals surface area contributed by atoms with E-state index in [-0.39, 0.29) is 34.6 Å². The van der Waals surface area contributed by atoms with Crippen molar-refractivity contribution in [2.45, 2.75) is 12.3 Å². The first-order chi connectivity index (χ1) is 17.8. The zero-order chi connectivity index (χ0) is 26.1. The topological polar surface area (TPSA) is 114 Å². The molecule has 1 atom stereocenters. The molecule has 190 valence electrons. The SMILES string of the molecule is CN1CCN(C(=O)CC(c2ccccc2)c2c(O)c(O)c(O)c3c(=O)cc(-c4ccccc4)oc23)CC1. The summed E-state index contributed by atoms with van der Waals surface area (Å²) in [4.78, 5) is 30.5. The highest BCUT2D eigenvalue weighted by molar-refractivity contribution is 5.94. The first-order valence-corrected chi connectivity index (χ1v) is 12.2. The van der Waals surface area contributed by atoms with Gasteiger partial charge in [0.1, 0.15) is 16.7 Å². The number of likely N-dealkylation sites (N-methyl/N-ethyl adjacent to an activating group) is 1. The van der Waals surface area contributed by atoms with Crippen LogP contribution < -0.4 is 5.43 Å². The van der Waals surface area contributed by atoms with Crippen molar-refractivity contribution in [3.63, 3.8) is 0 Å². The van der Waals surface area contributed by atoms with Crippen molar-refractivity contribution in [2.75, 3.05) is 33.2 Å². The Labute approximate surface area is 213 Å². The Kier molecular flexibility index (Phi) is 6.58. The van der Waals surface area contributed by atoms with Crippen molar-refractivity contribution in [1.82, 2.24) is 9.80 Å². The van der Waals surface area contributed by atoms with Crippen LogP contribution in [-0.4, -0.2) is 64.3 Å². The quantitative estimate of drug-likeness (QED) is 0.357. The number of phenolic OH excluding ortho intramolecular Hbond substituents is 3. The van der Waals surface area contributed by atoms with Gasteiger partial charge in [0.2, 0.25) is 11.7 Å². The van der Waals surface area contributed by atoms with Crippen LogP contribution >= 0.6 is 0 Å². The Hall–Kier alpha value is -4.30. The van der Waals surface area contributed by atoms with Gasteiger partial charge in [-0.15, -0.1) is 0 Å². The van der Waals surface area contributed by atoms with Gasteiger partial charge in [-0.1, -0.05) is 60.7 Å². The standard InChI is InChI=1S/C29H28N2O6/c1-30-12-14-31(15-13-30)23(33)16-20(18-8-4-2-5-9-18)24-26(34)28(36)27(35)25-21(32)17-22(37-29(24)25)19-10-6-3-7-11-19/h2-11,17,20,34-36H,12-16H2,1H3. The first kappa shape index (κ1) is 24.4. The predicted octanol–water partition coefficient (Wildman–Crippen LogP) is 3.87. The molecule has 1 aromatic heterocycles. The fourth-order valence-corrected chi connectivity index (χ4v) is 4.87. The lowest BCUT2D eigenvalue weighted by Crippen LogP contribution is -2.47. The molecule has 3 aromatic carbocycles. The highest BCUT2D eigenvalue weighted by Crippen LogP contribution is 2.49. The molecule has 0 saturated carbocycles. The number of fused-ring (bicyclic) bond motifs is 1. The number of rotatable bonds is 5. The van der Waals surface area contributed by atoms with E-state index in [9.17, 15) is 24.9 Å². The third kappa shape index (κ3) is 4.63. The van der Waals surface area contributed by atoms with E-state index < -0.39 is 28.6 Å². The summed E-state index contributed by atoms with van der Waals surface area (Å²) >= 11 is 0. The number of amides is 1. The molecule has 0 spiro atoms. The fourth-order valence-electron chi connectivity index (χ4n) is 4.87. The number of hydrogen-bond acceptors (Lipinski definition) is 7. The van der Waals surface area contributed by atoms with Crippen molar-refractivity contribution < 1.29 is 24.5 Å². The summed E-state index contributed by atoms with van der Waals surface area (Å²) in [5.74, 6) is -2.85. The molecular weight excluding hydrogens is 472 g/mol. The van der Waals surface area contributed by atoms with E-state index >= 15 is 0 Å². The van der Waals surface area contributed by atoms with E-state index in [1.165, 1.54) is 6.07 Å². The van der Waals surface area contributed by atoms with Gasteiger partial charge in [0.15, 0.2) is 16.9 Å². The lowest BCUT2D eigenvalue weighted by Gasteiger charge is -2.33. The molecule has 5 rings (SSSR count). The van der Waals surface area contributed by atoms with Gasteiger partial charge in [-0.25, -0.2) is 0 Å². The number of carbonyl (C=O) groups is 1. The number of piperazine rings is 1. The summed E-state index contributed by atoms with van der Waals surface area (Å²) in [5, 5.41) is 32.1. The predicted molar refractivity (Wildman–Crippen MR) is 140 cm³/mol. The van der Waals surface area contributed by atoms with Gasteiger partial charge in [0.05, 0.1) is 0 Å². The molecule has 1 aliphatic rings. The van der Waals surface area contributed by atoms with Crippen molar-refractivity contribution >= 4 is 16.9 Å². The average Bonchev–Trinajstić information content (AvgIpc) is 2.92. The summed E-state index contributed by atoms with van der Waals surface area (Å²) in [5.41, 5.74) is 0.753. The molecule has 0 radical (unpaired) electrons. The van der Waals surface area contributed by atoms with Gasteiger partial charge in [0.25, 0.3) is 0 Å². The second kappa shape index (κ2) is 9.99. The third-order valence-corrected chi connectivity index (χ3v) is 6.98. The lowest BCUT2D eigenvalue weighted by atomic mass is 9.85. The Balaban J connectivity index is 1.72. The Morgan fingerprint density at radius 1 is 0.892 bits per heavy atom. The number of aromatic hydroxyl groups is 3. The van der Waals surface area contributed by atoms with Crippen LogP contribution in [0.5, 0.6) is 17.2 Å². The molecule has 4 aromatic rings. The highest BCUT2D eigenvalue weighted by Gasteiger charge is 2.32. The second-order valence-corrected chi connectivity index (χ2v) is 9.36. The van der Waals surface area contributed by atoms with Gasteiger partial charge >= 0.3 is 0 Å². The second-order valence-electron chi connectivity index (χ2n) is 9.36. The van der Waals surface area contributed by atoms with Crippen LogP contribution in [0.25, 0.3) is 22.3 Å².